The molecule has 0 atom stereocenters. The first-order chi connectivity index (χ1) is 9.63. The summed E-state index contributed by atoms with van der Waals surface area (Å²) < 4.78 is 18.9. The molecular weight excluding hydrogens is 255 g/mol. The molecule has 2 aromatic carbocycles. The first kappa shape index (κ1) is 12.9. The van der Waals surface area contributed by atoms with Crippen molar-refractivity contribution in [2.75, 3.05) is 0 Å². The van der Waals surface area contributed by atoms with Gasteiger partial charge in [-0.15, -0.1) is 0 Å². The van der Waals surface area contributed by atoms with Crippen LogP contribution in [0.5, 0.6) is 5.75 Å². The standard InChI is InChI=1S/C17H15FO2/c1-11-10-13(4-9-16(11)18)17(19)12-2-5-14(6-3-12)20-15-7-8-15/h2-6,9-10,15H,7-8H2,1H3. The third-order valence-corrected chi connectivity index (χ3v) is 3.36. The van der Waals surface area contributed by atoms with Crippen molar-refractivity contribution in [3.05, 3.63) is 65.0 Å². The Kier molecular flexibility index (Phi) is 3.26. The normalized spacial score (nSPS) is 14.1. The summed E-state index contributed by atoms with van der Waals surface area (Å²) >= 11 is 0. The van der Waals surface area contributed by atoms with Crippen molar-refractivity contribution < 1.29 is 13.9 Å². The van der Waals surface area contributed by atoms with Crippen LogP contribution in [0, 0.1) is 12.7 Å². The molecule has 0 unspecified atom stereocenters. The highest BCUT2D eigenvalue weighted by molar-refractivity contribution is 6.09. The smallest absolute Gasteiger partial charge is 0.193 e. The SMILES string of the molecule is Cc1cc(C(=O)c2ccc(OC3CC3)cc2)ccc1F. The van der Waals surface area contributed by atoms with Crippen LogP contribution in [-0.2, 0) is 0 Å². The molecule has 3 rings (SSSR count). The lowest BCUT2D eigenvalue weighted by molar-refractivity contribution is 0.103. The first-order valence-corrected chi connectivity index (χ1v) is 6.71. The molecule has 0 spiro atoms. The summed E-state index contributed by atoms with van der Waals surface area (Å²) in [6, 6.07) is 11.5. The highest BCUT2D eigenvalue weighted by atomic mass is 19.1. The number of carbonyl (C=O) groups is 1. The Balaban J connectivity index is 1.80. The maximum Gasteiger partial charge on any atom is 0.193 e. The number of hydrogen-bond acceptors (Lipinski definition) is 2. The summed E-state index contributed by atoms with van der Waals surface area (Å²) in [6.45, 7) is 1.65. The van der Waals surface area contributed by atoms with Gasteiger partial charge in [0.1, 0.15) is 11.6 Å². The van der Waals surface area contributed by atoms with E-state index in [1.807, 2.05) is 12.1 Å². The summed E-state index contributed by atoms with van der Waals surface area (Å²) in [4.78, 5) is 12.3. The number of rotatable bonds is 4. The quantitative estimate of drug-likeness (QED) is 0.787. The second kappa shape index (κ2) is 5.08. The monoisotopic (exact) mass is 270 g/mol. The largest absolute Gasteiger partial charge is 0.490 e. The summed E-state index contributed by atoms with van der Waals surface area (Å²) in [5, 5.41) is 0. The topological polar surface area (TPSA) is 26.3 Å². The minimum Gasteiger partial charge on any atom is -0.490 e. The van der Waals surface area contributed by atoms with Gasteiger partial charge < -0.3 is 4.74 Å². The van der Waals surface area contributed by atoms with Gasteiger partial charge in [-0.05, 0) is 67.8 Å². The van der Waals surface area contributed by atoms with Gasteiger partial charge in [0.15, 0.2) is 5.78 Å². The number of ketones is 1. The first-order valence-electron chi connectivity index (χ1n) is 6.71. The van der Waals surface area contributed by atoms with Gasteiger partial charge in [-0.25, -0.2) is 4.39 Å². The highest BCUT2D eigenvalue weighted by Crippen LogP contribution is 2.27. The number of halogens is 1. The van der Waals surface area contributed by atoms with Gasteiger partial charge >= 0.3 is 0 Å². The van der Waals surface area contributed by atoms with Crippen molar-refractivity contribution in [1.82, 2.24) is 0 Å². The van der Waals surface area contributed by atoms with Gasteiger partial charge in [0.2, 0.25) is 0 Å². The molecule has 0 bridgehead atoms. The molecule has 1 fully saturated rings. The van der Waals surface area contributed by atoms with E-state index < -0.39 is 0 Å². The van der Waals surface area contributed by atoms with Crippen LogP contribution in [0.4, 0.5) is 4.39 Å². The van der Waals surface area contributed by atoms with Crippen LogP contribution in [-0.4, -0.2) is 11.9 Å². The van der Waals surface area contributed by atoms with Crippen molar-refractivity contribution in [2.24, 2.45) is 0 Å². The molecule has 0 saturated heterocycles. The summed E-state index contributed by atoms with van der Waals surface area (Å²) in [7, 11) is 0. The van der Waals surface area contributed by atoms with E-state index in [1.165, 1.54) is 12.1 Å². The Bertz CT molecular complexity index is 643. The van der Waals surface area contributed by atoms with Crippen LogP contribution < -0.4 is 4.74 Å². The van der Waals surface area contributed by atoms with E-state index in [1.54, 1.807) is 25.1 Å². The number of ether oxygens (including phenoxy) is 1. The molecule has 0 aromatic heterocycles. The van der Waals surface area contributed by atoms with Gasteiger partial charge in [-0.1, -0.05) is 0 Å². The molecule has 1 aliphatic rings. The van der Waals surface area contributed by atoms with Gasteiger partial charge in [-0.2, -0.15) is 0 Å². The minimum atomic E-state index is -0.297. The van der Waals surface area contributed by atoms with Crippen molar-refractivity contribution in [3.63, 3.8) is 0 Å². The minimum absolute atomic E-state index is 0.105. The molecule has 0 aliphatic heterocycles. The number of benzene rings is 2. The fraction of sp³-hybridized carbons (Fsp3) is 0.235. The van der Waals surface area contributed by atoms with Crippen LogP contribution in [0.25, 0.3) is 0 Å². The predicted octanol–water partition coefficient (Wildman–Crippen LogP) is 3.91. The molecule has 0 N–H and O–H groups in total. The lowest BCUT2D eigenvalue weighted by Gasteiger charge is -2.06. The lowest BCUT2D eigenvalue weighted by atomic mass is 10.0. The van der Waals surface area contributed by atoms with E-state index in [2.05, 4.69) is 0 Å². The summed E-state index contributed by atoms with van der Waals surface area (Å²) in [5.74, 6) is 0.389. The average molecular weight is 270 g/mol. The van der Waals surface area contributed by atoms with E-state index in [9.17, 15) is 9.18 Å². The number of aryl methyl sites for hydroxylation is 1. The Morgan fingerprint density at radius 2 is 1.75 bits per heavy atom. The molecule has 0 heterocycles. The van der Waals surface area contributed by atoms with Crippen LogP contribution in [0.1, 0.15) is 34.3 Å². The molecule has 1 aliphatic carbocycles. The average Bonchev–Trinajstić information content (AvgIpc) is 3.26. The fourth-order valence-electron chi connectivity index (χ4n) is 2.02. The zero-order valence-electron chi connectivity index (χ0n) is 11.2. The van der Waals surface area contributed by atoms with Crippen molar-refractivity contribution in [1.29, 1.82) is 0 Å². The van der Waals surface area contributed by atoms with Crippen LogP contribution >= 0.6 is 0 Å². The van der Waals surface area contributed by atoms with E-state index in [0.29, 0.717) is 22.8 Å². The van der Waals surface area contributed by atoms with Gasteiger partial charge in [0, 0.05) is 11.1 Å². The molecule has 1 saturated carbocycles. The Hall–Kier alpha value is -2.16. The second-order valence-electron chi connectivity index (χ2n) is 5.13. The second-order valence-corrected chi connectivity index (χ2v) is 5.13. The van der Waals surface area contributed by atoms with Crippen LogP contribution in [0.15, 0.2) is 42.5 Å². The van der Waals surface area contributed by atoms with Crippen molar-refractivity contribution in [2.45, 2.75) is 25.9 Å². The molecule has 0 amide bonds. The zero-order valence-corrected chi connectivity index (χ0v) is 11.2. The number of carbonyl (C=O) groups excluding carboxylic acids is 1. The van der Waals surface area contributed by atoms with Gasteiger partial charge in [0.25, 0.3) is 0 Å². The van der Waals surface area contributed by atoms with E-state index in [0.717, 1.165) is 18.6 Å². The van der Waals surface area contributed by atoms with Crippen LogP contribution in [0.2, 0.25) is 0 Å². The van der Waals surface area contributed by atoms with Gasteiger partial charge in [-0.3, -0.25) is 4.79 Å². The van der Waals surface area contributed by atoms with Crippen molar-refractivity contribution >= 4 is 5.78 Å². The highest BCUT2D eigenvalue weighted by Gasteiger charge is 2.23. The van der Waals surface area contributed by atoms with E-state index in [4.69, 9.17) is 4.74 Å². The molecule has 102 valence electrons. The van der Waals surface area contributed by atoms with Crippen LogP contribution in [0.3, 0.4) is 0 Å². The molecule has 2 aromatic rings. The van der Waals surface area contributed by atoms with E-state index >= 15 is 0 Å². The zero-order chi connectivity index (χ0) is 14.1. The Morgan fingerprint density at radius 3 is 2.35 bits per heavy atom. The maximum atomic E-state index is 13.2. The fourth-order valence-corrected chi connectivity index (χ4v) is 2.02. The third-order valence-electron chi connectivity index (χ3n) is 3.36. The molecule has 2 nitrogen and oxygen atoms in total. The molecule has 0 radical (unpaired) electrons. The lowest BCUT2D eigenvalue weighted by Crippen LogP contribution is -2.03. The number of hydrogen-bond donors (Lipinski definition) is 0. The van der Waals surface area contributed by atoms with Gasteiger partial charge in [0.05, 0.1) is 6.10 Å². The molecule has 3 heteroatoms. The third kappa shape index (κ3) is 2.72. The predicted molar refractivity (Wildman–Crippen MR) is 74.7 cm³/mol. The summed E-state index contributed by atoms with van der Waals surface area (Å²) in [5.41, 5.74) is 1.56. The van der Waals surface area contributed by atoms with E-state index in [-0.39, 0.29) is 11.6 Å². The maximum absolute atomic E-state index is 13.2. The Morgan fingerprint density at radius 1 is 1.10 bits per heavy atom. The Labute approximate surface area is 117 Å². The van der Waals surface area contributed by atoms with Crippen molar-refractivity contribution in [3.8, 4) is 5.75 Å². The molecule has 20 heavy (non-hydrogen) atoms. The molecular formula is C17H15FO2. The summed E-state index contributed by atoms with van der Waals surface area (Å²) in [6.07, 6.45) is 2.56.